The van der Waals surface area contributed by atoms with Gasteiger partial charge in [0.25, 0.3) is 5.91 Å². The zero-order valence-electron chi connectivity index (χ0n) is 16.7. The lowest BCUT2D eigenvalue weighted by Gasteiger charge is -2.35. The Morgan fingerprint density at radius 1 is 1.14 bits per heavy atom. The number of benzene rings is 2. The number of halogens is 1. The average Bonchev–Trinajstić information content (AvgIpc) is 2.73. The number of piperazine rings is 1. The number of carbonyl (C=O) groups is 1. The van der Waals surface area contributed by atoms with Crippen molar-refractivity contribution in [3.8, 4) is 0 Å². The van der Waals surface area contributed by atoms with E-state index in [1.54, 1.807) is 54.4 Å². The van der Waals surface area contributed by atoms with Gasteiger partial charge in [0.2, 0.25) is 10.0 Å². The zero-order chi connectivity index (χ0) is 21.0. The average molecular weight is 421 g/mol. The number of sulfonamides is 1. The molecule has 0 unspecified atom stereocenters. The largest absolute Gasteiger partial charge is 0.336 e. The maximum absolute atomic E-state index is 13.4. The van der Waals surface area contributed by atoms with E-state index < -0.39 is 10.0 Å². The SMILES string of the molecule is C[C@@H](C(=O)N(C)Cc1cccc(F)c1)[NH+]1CCN(S(=O)(=O)c2ccccc2)CC1. The summed E-state index contributed by atoms with van der Waals surface area (Å²) in [5.74, 6) is -0.360. The summed E-state index contributed by atoms with van der Waals surface area (Å²) in [4.78, 5) is 15.8. The van der Waals surface area contributed by atoms with E-state index in [9.17, 15) is 17.6 Å². The summed E-state index contributed by atoms with van der Waals surface area (Å²) in [6, 6.07) is 14.3. The Morgan fingerprint density at radius 2 is 1.79 bits per heavy atom. The lowest BCUT2D eigenvalue weighted by molar-refractivity contribution is -0.918. The van der Waals surface area contributed by atoms with Crippen LogP contribution in [0.25, 0.3) is 0 Å². The summed E-state index contributed by atoms with van der Waals surface area (Å²) in [7, 11) is -1.80. The fourth-order valence-corrected chi connectivity index (χ4v) is 5.14. The van der Waals surface area contributed by atoms with Crippen LogP contribution in [0.3, 0.4) is 0 Å². The van der Waals surface area contributed by atoms with Gasteiger partial charge in [-0.3, -0.25) is 4.79 Å². The number of rotatable bonds is 6. The Bertz CT molecular complexity index is 945. The molecule has 1 fully saturated rings. The van der Waals surface area contributed by atoms with E-state index in [0.717, 1.165) is 10.5 Å². The Morgan fingerprint density at radius 3 is 2.41 bits per heavy atom. The molecule has 1 amide bonds. The lowest BCUT2D eigenvalue weighted by atomic mass is 10.1. The number of hydrogen-bond donors (Lipinski definition) is 1. The van der Waals surface area contributed by atoms with Gasteiger partial charge < -0.3 is 9.80 Å². The van der Waals surface area contributed by atoms with Gasteiger partial charge >= 0.3 is 0 Å². The molecule has 1 aliphatic heterocycles. The molecule has 156 valence electrons. The second kappa shape index (κ2) is 9.02. The van der Waals surface area contributed by atoms with Crippen LogP contribution in [0, 0.1) is 5.82 Å². The molecule has 0 aliphatic carbocycles. The van der Waals surface area contributed by atoms with Gasteiger partial charge in [0.15, 0.2) is 6.04 Å². The van der Waals surface area contributed by atoms with Crippen LogP contribution in [-0.2, 0) is 21.4 Å². The first-order valence-corrected chi connectivity index (χ1v) is 11.1. The van der Waals surface area contributed by atoms with Gasteiger partial charge in [0.05, 0.1) is 31.1 Å². The van der Waals surface area contributed by atoms with Gasteiger partial charge in [0, 0.05) is 13.6 Å². The summed E-state index contributed by atoms with van der Waals surface area (Å²) < 4.78 is 40.3. The van der Waals surface area contributed by atoms with E-state index in [1.807, 2.05) is 6.92 Å². The van der Waals surface area contributed by atoms with Gasteiger partial charge in [0.1, 0.15) is 5.82 Å². The summed E-state index contributed by atoms with van der Waals surface area (Å²) in [6.07, 6.45) is 0. The Hall–Kier alpha value is -2.29. The molecule has 0 aromatic heterocycles. The van der Waals surface area contributed by atoms with E-state index in [1.165, 1.54) is 16.4 Å². The Balaban J connectivity index is 1.58. The van der Waals surface area contributed by atoms with Crippen LogP contribution < -0.4 is 4.90 Å². The molecule has 2 aromatic rings. The third-order valence-electron chi connectivity index (χ3n) is 5.41. The Labute approximate surface area is 171 Å². The monoisotopic (exact) mass is 420 g/mol. The van der Waals surface area contributed by atoms with Crippen LogP contribution in [0.1, 0.15) is 12.5 Å². The number of nitrogens with zero attached hydrogens (tertiary/aromatic N) is 2. The first kappa shape index (κ1) is 21.4. The van der Waals surface area contributed by atoms with Gasteiger partial charge in [-0.2, -0.15) is 4.31 Å². The first-order valence-electron chi connectivity index (χ1n) is 9.68. The highest BCUT2D eigenvalue weighted by molar-refractivity contribution is 7.89. The molecule has 29 heavy (non-hydrogen) atoms. The van der Waals surface area contributed by atoms with Crippen molar-refractivity contribution in [1.29, 1.82) is 0 Å². The minimum atomic E-state index is -3.50. The van der Waals surface area contributed by atoms with Crippen molar-refractivity contribution in [2.24, 2.45) is 0 Å². The third kappa shape index (κ3) is 5.01. The number of carbonyl (C=O) groups excluding carboxylic acids is 1. The van der Waals surface area contributed by atoms with E-state index in [4.69, 9.17) is 0 Å². The fraction of sp³-hybridized carbons (Fsp3) is 0.381. The molecular weight excluding hydrogens is 393 g/mol. The number of quaternary nitrogens is 1. The minimum absolute atomic E-state index is 0.0383. The number of amides is 1. The van der Waals surface area contributed by atoms with Gasteiger partial charge in [-0.25, -0.2) is 12.8 Å². The van der Waals surface area contributed by atoms with Crippen molar-refractivity contribution in [1.82, 2.24) is 9.21 Å². The molecule has 8 heteroatoms. The molecule has 1 saturated heterocycles. The molecule has 0 bridgehead atoms. The second-order valence-corrected chi connectivity index (χ2v) is 9.36. The molecule has 6 nitrogen and oxygen atoms in total. The van der Waals surface area contributed by atoms with E-state index in [-0.39, 0.29) is 17.8 Å². The van der Waals surface area contributed by atoms with Crippen LogP contribution in [-0.4, -0.2) is 62.8 Å². The number of hydrogen-bond acceptors (Lipinski definition) is 3. The summed E-state index contributed by atoms with van der Waals surface area (Å²) >= 11 is 0. The van der Waals surface area contributed by atoms with Crippen molar-refractivity contribution in [2.75, 3.05) is 33.2 Å². The first-order chi connectivity index (χ1) is 13.8. The highest BCUT2D eigenvalue weighted by atomic mass is 32.2. The van der Waals surface area contributed by atoms with E-state index in [2.05, 4.69) is 0 Å². The predicted molar refractivity (Wildman–Crippen MR) is 108 cm³/mol. The summed E-state index contributed by atoms with van der Waals surface area (Å²) in [5.41, 5.74) is 0.738. The molecular formula is C21H27FN3O3S+. The molecule has 1 heterocycles. The maximum atomic E-state index is 13.4. The topological polar surface area (TPSA) is 62.1 Å². The van der Waals surface area contributed by atoms with Crippen molar-refractivity contribution >= 4 is 15.9 Å². The molecule has 0 radical (unpaired) electrons. The van der Waals surface area contributed by atoms with Gasteiger partial charge in [-0.05, 0) is 36.8 Å². The van der Waals surface area contributed by atoms with E-state index in [0.29, 0.717) is 37.6 Å². The van der Waals surface area contributed by atoms with Gasteiger partial charge in [-0.15, -0.1) is 0 Å². The van der Waals surface area contributed by atoms with Crippen LogP contribution in [0.15, 0.2) is 59.5 Å². The molecule has 3 rings (SSSR count). The quantitative estimate of drug-likeness (QED) is 0.751. The normalized spacial score (nSPS) is 17.1. The zero-order valence-corrected chi connectivity index (χ0v) is 17.5. The fourth-order valence-electron chi connectivity index (χ4n) is 3.68. The highest BCUT2D eigenvalue weighted by Gasteiger charge is 2.35. The number of likely N-dealkylation sites (N-methyl/N-ethyl adjacent to an activating group) is 1. The summed E-state index contributed by atoms with van der Waals surface area (Å²) in [6.45, 7) is 4.07. The molecule has 1 atom stereocenters. The van der Waals surface area contributed by atoms with Gasteiger partial charge in [-0.1, -0.05) is 30.3 Å². The molecule has 0 saturated carbocycles. The van der Waals surface area contributed by atoms with Crippen molar-refractivity contribution in [3.63, 3.8) is 0 Å². The third-order valence-corrected chi connectivity index (χ3v) is 7.33. The highest BCUT2D eigenvalue weighted by Crippen LogP contribution is 2.15. The smallest absolute Gasteiger partial charge is 0.280 e. The maximum Gasteiger partial charge on any atom is 0.280 e. The van der Waals surface area contributed by atoms with Crippen LogP contribution in [0.2, 0.25) is 0 Å². The van der Waals surface area contributed by atoms with Crippen LogP contribution in [0.5, 0.6) is 0 Å². The van der Waals surface area contributed by atoms with Crippen molar-refractivity contribution < 1.29 is 22.5 Å². The standard InChI is InChI=1S/C21H26FN3O3S/c1-17(21(26)23(2)16-18-7-6-8-19(22)15-18)24-11-13-25(14-12-24)29(27,28)20-9-4-3-5-10-20/h3-10,15,17H,11-14,16H2,1-2H3/p+1/t17-/m0/s1. The lowest BCUT2D eigenvalue weighted by Crippen LogP contribution is -3.19. The predicted octanol–water partition coefficient (Wildman–Crippen LogP) is 0.762. The number of nitrogens with one attached hydrogen (secondary N) is 1. The molecule has 2 aromatic carbocycles. The van der Waals surface area contributed by atoms with Crippen molar-refractivity contribution in [3.05, 3.63) is 66.0 Å². The molecule has 1 N–H and O–H groups in total. The summed E-state index contributed by atoms with van der Waals surface area (Å²) in [5, 5.41) is 0. The second-order valence-electron chi connectivity index (χ2n) is 7.42. The van der Waals surface area contributed by atoms with E-state index >= 15 is 0 Å². The van der Waals surface area contributed by atoms with Crippen LogP contribution >= 0.6 is 0 Å². The molecule has 0 spiro atoms. The van der Waals surface area contributed by atoms with Crippen LogP contribution in [0.4, 0.5) is 4.39 Å². The molecule has 1 aliphatic rings. The Kier molecular flexibility index (Phi) is 6.66. The van der Waals surface area contributed by atoms with Crippen molar-refractivity contribution in [2.45, 2.75) is 24.4 Å². The minimum Gasteiger partial charge on any atom is -0.336 e.